The van der Waals surface area contributed by atoms with Gasteiger partial charge in [0.15, 0.2) is 5.82 Å². The second-order valence-corrected chi connectivity index (χ2v) is 5.76. The number of benzene rings is 1. The molecule has 5 nitrogen and oxygen atoms in total. The number of tetrazole rings is 1. The summed E-state index contributed by atoms with van der Waals surface area (Å²) in [5.41, 5.74) is 8.88. The minimum absolute atomic E-state index is 0.114. The third-order valence-corrected chi connectivity index (χ3v) is 2.72. The van der Waals surface area contributed by atoms with Gasteiger partial charge in [0, 0.05) is 17.8 Å². The summed E-state index contributed by atoms with van der Waals surface area (Å²) in [5, 5.41) is 11.9. The molecular weight excluding hydrogens is 226 g/mol. The van der Waals surface area contributed by atoms with Crippen LogP contribution in [-0.2, 0) is 6.54 Å². The fraction of sp³-hybridized carbons (Fsp3) is 0.462. The van der Waals surface area contributed by atoms with E-state index < -0.39 is 0 Å². The van der Waals surface area contributed by atoms with E-state index in [1.807, 2.05) is 29.8 Å². The number of rotatable bonds is 2. The lowest BCUT2D eigenvalue weighted by Gasteiger charge is -2.18. The second kappa shape index (κ2) is 4.40. The molecule has 0 aliphatic carbocycles. The zero-order chi connectivity index (χ0) is 13.3. The molecule has 0 amide bonds. The van der Waals surface area contributed by atoms with Crippen molar-refractivity contribution < 1.29 is 0 Å². The Kier molecular flexibility index (Phi) is 3.07. The van der Waals surface area contributed by atoms with E-state index >= 15 is 0 Å². The van der Waals surface area contributed by atoms with Crippen LogP contribution in [0.25, 0.3) is 11.4 Å². The molecular formula is C13H19N5. The van der Waals surface area contributed by atoms with Gasteiger partial charge in [-0.25, -0.2) is 4.68 Å². The summed E-state index contributed by atoms with van der Waals surface area (Å²) < 4.78 is 1.81. The molecule has 0 fully saturated rings. The molecule has 1 heterocycles. The molecule has 2 N–H and O–H groups in total. The van der Waals surface area contributed by atoms with E-state index in [0.29, 0.717) is 0 Å². The first-order chi connectivity index (χ1) is 8.38. The number of anilines is 1. The van der Waals surface area contributed by atoms with Gasteiger partial charge >= 0.3 is 0 Å². The third kappa shape index (κ3) is 2.50. The summed E-state index contributed by atoms with van der Waals surface area (Å²) in [6.45, 7) is 9.19. The van der Waals surface area contributed by atoms with Crippen molar-refractivity contribution in [3.63, 3.8) is 0 Å². The van der Waals surface area contributed by atoms with Crippen LogP contribution in [0.5, 0.6) is 0 Å². The van der Waals surface area contributed by atoms with E-state index in [0.717, 1.165) is 29.2 Å². The summed E-state index contributed by atoms with van der Waals surface area (Å²) in [5.74, 6) is 0.728. The van der Waals surface area contributed by atoms with Gasteiger partial charge in [0.2, 0.25) is 0 Å². The Morgan fingerprint density at radius 3 is 2.67 bits per heavy atom. The van der Waals surface area contributed by atoms with Crippen molar-refractivity contribution in [2.45, 2.75) is 34.2 Å². The van der Waals surface area contributed by atoms with Crippen LogP contribution in [-0.4, -0.2) is 20.2 Å². The molecule has 1 aromatic heterocycles. The SMILES string of the molecule is Cc1cccc(-c2nnnn2CC(C)(C)C)c1N. The lowest BCUT2D eigenvalue weighted by molar-refractivity contribution is 0.323. The Morgan fingerprint density at radius 1 is 1.28 bits per heavy atom. The van der Waals surface area contributed by atoms with Gasteiger partial charge in [-0.1, -0.05) is 32.9 Å². The number of nitrogen functional groups attached to an aromatic ring is 1. The first-order valence-electron chi connectivity index (χ1n) is 6.00. The molecule has 0 atom stereocenters. The molecule has 0 aliphatic heterocycles. The smallest absolute Gasteiger partial charge is 0.184 e. The lowest BCUT2D eigenvalue weighted by atomic mass is 9.97. The molecule has 18 heavy (non-hydrogen) atoms. The molecule has 2 aromatic rings. The van der Waals surface area contributed by atoms with Crippen molar-refractivity contribution in [1.82, 2.24) is 20.2 Å². The number of hydrogen-bond donors (Lipinski definition) is 1. The topological polar surface area (TPSA) is 69.6 Å². The molecule has 0 radical (unpaired) electrons. The van der Waals surface area contributed by atoms with Gasteiger partial charge < -0.3 is 5.73 Å². The van der Waals surface area contributed by atoms with E-state index in [1.54, 1.807) is 0 Å². The molecule has 0 spiro atoms. The van der Waals surface area contributed by atoms with Crippen LogP contribution in [0.3, 0.4) is 0 Å². The van der Waals surface area contributed by atoms with E-state index in [1.165, 1.54) is 0 Å². The van der Waals surface area contributed by atoms with Crippen molar-refractivity contribution in [2.24, 2.45) is 5.41 Å². The van der Waals surface area contributed by atoms with Gasteiger partial charge in [0.05, 0.1) is 0 Å². The second-order valence-electron chi connectivity index (χ2n) is 5.76. The van der Waals surface area contributed by atoms with Crippen LogP contribution >= 0.6 is 0 Å². The van der Waals surface area contributed by atoms with Crippen molar-refractivity contribution in [2.75, 3.05) is 5.73 Å². The summed E-state index contributed by atoms with van der Waals surface area (Å²) in [4.78, 5) is 0. The molecule has 1 aromatic carbocycles. The Morgan fingerprint density at radius 2 is 2.00 bits per heavy atom. The molecule has 0 saturated carbocycles. The normalized spacial score (nSPS) is 11.8. The summed E-state index contributed by atoms with van der Waals surface area (Å²) in [7, 11) is 0. The van der Waals surface area contributed by atoms with Gasteiger partial charge in [-0.05, 0) is 34.4 Å². The fourth-order valence-electron chi connectivity index (χ4n) is 1.83. The van der Waals surface area contributed by atoms with Crippen LogP contribution in [0, 0.1) is 12.3 Å². The van der Waals surface area contributed by atoms with Crippen LogP contribution < -0.4 is 5.73 Å². The lowest BCUT2D eigenvalue weighted by Crippen LogP contribution is -2.17. The standard InChI is InChI=1S/C13H19N5/c1-9-6-5-7-10(11(9)14)12-15-16-17-18(12)8-13(2,3)4/h5-7H,8,14H2,1-4H3. The maximum atomic E-state index is 6.10. The summed E-state index contributed by atoms with van der Waals surface area (Å²) in [6, 6.07) is 5.90. The first kappa shape index (κ1) is 12.5. The van der Waals surface area contributed by atoms with Gasteiger partial charge in [-0.2, -0.15) is 0 Å². The number of nitrogens with two attached hydrogens (primary N) is 1. The van der Waals surface area contributed by atoms with Gasteiger partial charge in [-0.3, -0.25) is 0 Å². The highest BCUT2D eigenvalue weighted by Crippen LogP contribution is 2.27. The summed E-state index contributed by atoms with van der Waals surface area (Å²) in [6.07, 6.45) is 0. The number of hydrogen-bond acceptors (Lipinski definition) is 4. The molecule has 0 aliphatic rings. The quantitative estimate of drug-likeness (QED) is 0.824. The first-order valence-corrected chi connectivity index (χ1v) is 6.00. The Hall–Kier alpha value is -1.91. The van der Waals surface area contributed by atoms with E-state index in [4.69, 9.17) is 5.73 Å². The van der Waals surface area contributed by atoms with E-state index in [2.05, 4.69) is 36.3 Å². The highest BCUT2D eigenvalue weighted by molar-refractivity contribution is 5.73. The molecule has 2 rings (SSSR count). The van der Waals surface area contributed by atoms with E-state index in [9.17, 15) is 0 Å². The minimum atomic E-state index is 0.114. The zero-order valence-corrected chi connectivity index (χ0v) is 11.3. The maximum Gasteiger partial charge on any atom is 0.184 e. The minimum Gasteiger partial charge on any atom is -0.398 e. The fourth-order valence-corrected chi connectivity index (χ4v) is 1.83. The number of para-hydroxylation sites is 1. The van der Waals surface area contributed by atoms with Crippen LogP contribution in [0.4, 0.5) is 5.69 Å². The zero-order valence-electron chi connectivity index (χ0n) is 11.3. The Labute approximate surface area is 107 Å². The predicted molar refractivity (Wildman–Crippen MR) is 71.9 cm³/mol. The number of nitrogens with zero attached hydrogens (tertiary/aromatic N) is 4. The van der Waals surface area contributed by atoms with Crippen LogP contribution in [0.2, 0.25) is 0 Å². The number of aryl methyl sites for hydroxylation is 1. The number of aromatic nitrogens is 4. The Bertz CT molecular complexity index is 551. The molecule has 0 bridgehead atoms. The third-order valence-electron chi connectivity index (χ3n) is 2.72. The van der Waals surface area contributed by atoms with Crippen LogP contribution in [0.1, 0.15) is 26.3 Å². The van der Waals surface area contributed by atoms with Crippen LogP contribution in [0.15, 0.2) is 18.2 Å². The Balaban J connectivity index is 2.46. The monoisotopic (exact) mass is 245 g/mol. The predicted octanol–water partition coefficient (Wildman–Crippen LogP) is 2.28. The summed E-state index contributed by atoms with van der Waals surface area (Å²) >= 11 is 0. The highest BCUT2D eigenvalue weighted by Gasteiger charge is 2.18. The van der Waals surface area contributed by atoms with Gasteiger partial charge in [0.25, 0.3) is 0 Å². The van der Waals surface area contributed by atoms with E-state index in [-0.39, 0.29) is 5.41 Å². The maximum absolute atomic E-state index is 6.10. The molecule has 5 heteroatoms. The van der Waals surface area contributed by atoms with Gasteiger partial charge in [-0.15, -0.1) is 5.10 Å². The van der Waals surface area contributed by atoms with Crippen molar-refractivity contribution in [3.8, 4) is 11.4 Å². The average Bonchev–Trinajstić information content (AvgIpc) is 2.67. The van der Waals surface area contributed by atoms with Crippen molar-refractivity contribution in [1.29, 1.82) is 0 Å². The highest BCUT2D eigenvalue weighted by atomic mass is 15.5. The van der Waals surface area contributed by atoms with Crippen molar-refractivity contribution in [3.05, 3.63) is 23.8 Å². The largest absolute Gasteiger partial charge is 0.398 e. The average molecular weight is 245 g/mol. The van der Waals surface area contributed by atoms with Crippen molar-refractivity contribution >= 4 is 5.69 Å². The van der Waals surface area contributed by atoms with Gasteiger partial charge in [0.1, 0.15) is 0 Å². The molecule has 96 valence electrons. The molecule has 0 saturated heterocycles. The molecule has 0 unspecified atom stereocenters.